The highest BCUT2D eigenvalue weighted by atomic mass is 32.2. The number of aryl methyl sites for hydroxylation is 1. The van der Waals surface area contributed by atoms with Gasteiger partial charge >= 0.3 is 0 Å². The van der Waals surface area contributed by atoms with Gasteiger partial charge in [0.25, 0.3) is 0 Å². The molecular weight excluding hydrogens is 352 g/mol. The fourth-order valence-corrected chi connectivity index (χ4v) is 3.41. The Bertz CT molecular complexity index is 905. The van der Waals surface area contributed by atoms with E-state index in [1.807, 2.05) is 25.1 Å². The summed E-state index contributed by atoms with van der Waals surface area (Å²) >= 11 is 0. The third-order valence-corrected chi connectivity index (χ3v) is 5.12. The van der Waals surface area contributed by atoms with Crippen molar-refractivity contribution in [3.8, 4) is 0 Å². The second-order valence-electron chi connectivity index (χ2n) is 6.05. The Morgan fingerprint density at radius 1 is 1.04 bits per heavy atom. The van der Waals surface area contributed by atoms with Crippen molar-refractivity contribution in [1.29, 1.82) is 0 Å². The van der Waals surface area contributed by atoms with E-state index in [2.05, 4.69) is 5.32 Å². The fraction of sp³-hybridized carbons (Fsp3) is 0.263. The highest BCUT2D eigenvalue weighted by Gasteiger charge is 2.19. The van der Waals surface area contributed by atoms with Crippen LogP contribution in [0.5, 0.6) is 0 Å². The first-order valence-corrected chi connectivity index (χ1v) is 9.97. The summed E-state index contributed by atoms with van der Waals surface area (Å²) in [5.41, 5.74) is 2.55. The van der Waals surface area contributed by atoms with Gasteiger partial charge in [-0.15, -0.1) is 0 Å². The lowest BCUT2D eigenvalue weighted by Gasteiger charge is -2.22. The minimum Gasteiger partial charge on any atom is -0.326 e. The molecule has 0 unspecified atom stereocenters. The van der Waals surface area contributed by atoms with E-state index in [0.717, 1.165) is 16.1 Å². The van der Waals surface area contributed by atoms with Crippen LogP contribution in [0.15, 0.2) is 48.5 Å². The molecule has 138 valence electrons. The molecule has 0 radical (unpaired) electrons. The molecule has 0 spiro atoms. The molecule has 1 N–H and O–H groups in total. The summed E-state index contributed by atoms with van der Waals surface area (Å²) in [4.78, 5) is 23.5. The van der Waals surface area contributed by atoms with Gasteiger partial charge in [0.15, 0.2) is 5.78 Å². The minimum atomic E-state index is -3.56. The van der Waals surface area contributed by atoms with Gasteiger partial charge in [-0.3, -0.25) is 13.9 Å². The van der Waals surface area contributed by atoms with Crippen molar-refractivity contribution in [1.82, 2.24) is 0 Å². The molecule has 0 aliphatic rings. The number of Topliss-reactive ketones (excluding diaryl/α,β-unsaturated/α-hetero) is 1. The Labute approximate surface area is 153 Å². The first-order chi connectivity index (χ1) is 12.2. The number of benzene rings is 2. The van der Waals surface area contributed by atoms with E-state index in [4.69, 9.17) is 0 Å². The average molecular weight is 374 g/mol. The van der Waals surface area contributed by atoms with Crippen molar-refractivity contribution in [3.63, 3.8) is 0 Å². The molecule has 2 aromatic rings. The van der Waals surface area contributed by atoms with Crippen molar-refractivity contribution in [3.05, 3.63) is 59.7 Å². The largest absolute Gasteiger partial charge is 0.326 e. The molecule has 7 heteroatoms. The molecule has 0 saturated carbocycles. The summed E-state index contributed by atoms with van der Waals surface area (Å²) in [5.74, 6) is -0.367. The topological polar surface area (TPSA) is 83.6 Å². The van der Waals surface area contributed by atoms with Crippen LogP contribution >= 0.6 is 0 Å². The third-order valence-electron chi connectivity index (χ3n) is 3.92. The van der Waals surface area contributed by atoms with Crippen LogP contribution in [0.3, 0.4) is 0 Å². The lowest BCUT2D eigenvalue weighted by Crippen LogP contribution is -2.33. The molecule has 26 heavy (non-hydrogen) atoms. The Balaban J connectivity index is 2.10. The van der Waals surface area contributed by atoms with Gasteiger partial charge in [-0.2, -0.15) is 0 Å². The number of sulfonamides is 1. The van der Waals surface area contributed by atoms with Crippen LogP contribution < -0.4 is 9.62 Å². The number of carbonyl (C=O) groups is 2. The summed E-state index contributed by atoms with van der Waals surface area (Å²) in [6, 6.07) is 13.7. The first kappa shape index (κ1) is 19.7. The van der Waals surface area contributed by atoms with Crippen LogP contribution in [0.4, 0.5) is 11.4 Å². The summed E-state index contributed by atoms with van der Waals surface area (Å²) in [6.45, 7) is 3.34. The lowest BCUT2D eigenvalue weighted by molar-refractivity contribution is -0.116. The van der Waals surface area contributed by atoms with Crippen molar-refractivity contribution < 1.29 is 18.0 Å². The molecule has 2 aromatic carbocycles. The van der Waals surface area contributed by atoms with Crippen molar-refractivity contribution in [2.45, 2.75) is 20.3 Å². The van der Waals surface area contributed by atoms with Crippen molar-refractivity contribution >= 4 is 33.1 Å². The van der Waals surface area contributed by atoms with E-state index in [-0.39, 0.29) is 24.7 Å². The number of hydrogen-bond acceptors (Lipinski definition) is 4. The van der Waals surface area contributed by atoms with E-state index >= 15 is 0 Å². The van der Waals surface area contributed by atoms with Crippen molar-refractivity contribution in [2.24, 2.45) is 0 Å². The zero-order chi connectivity index (χ0) is 19.3. The number of amides is 1. The second kappa shape index (κ2) is 8.14. The number of ketones is 1. The third kappa shape index (κ3) is 5.16. The molecule has 2 rings (SSSR count). The standard InChI is InChI=1S/C19H22N2O4S/c1-14-6-4-5-7-18(14)20-19(23)12-13-21(26(3,24)25)17-10-8-16(9-11-17)15(2)22/h4-11H,12-13H2,1-3H3,(H,20,23). The highest BCUT2D eigenvalue weighted by Crippen LogP contribution is 2.19. The maximum Gasteiger partial charge on any atom is 0.232 e. The van der Waals surface area contributed by atoms with E-state index in [9.17, 15) is 18.0 Å². The number of nitrogens with zero attached hydrogens (tertiary/aromatic N) is 1. The Morgan fingerprint density at radius 2 is 1.65 bits per heavy atom. The molecule has 0 aliphatic carbocycles. The normalized spacial score (nSPS) is 11.0. The minimum absolute atomic E-state index is 0.00979. The number of para-hydroxylation sites is 1. The summed E-state index contributed by atoms with van der Waals surface area (Å²) in [7, 11) is -3.56. The number of carbonyl (C=O) groups excluding carboxylic acids is 2. The lowest BCUT2D eigenvalue weighted by atomic mass is 10.1. The monoisotopic (exact) mass is 374 g/mol. The van der Waals surface area contributed by atoms with Crippen LogP contribution in [0, 0.1) is 6.92 Å². The van der Waals surface area contributed by atoms with Crippen LogP contribution in [0.1, 0.15) is 29.3 Å². The molecule has 0 aliphatic heterocycles. The molecule has 0 saturated heterocycles. The first-order valence-electron chi connectivity index (χ1n) is 8.12. The number of hydrogen-bond donors (Lipinski definition) is 1. The molecule has 0 atom stereocenters. The van der Waals surface area contributed by atoms with Gasteiger partial charge in [0.1, 0.15) is 0 Å². The molecule has 1 amide bonds. The number of rotatable bonds is 7. The predicted octanol–water partition coefficient (Wildman–Crippen LogP) is 2.99. The van der Waals surface area contributed by atoms with Gasteiger partial charge in [0, 0.05) is 24.2 Å². The SMILES string of the molecule is CC(=O)c1ccc(N(CCC(=O)Nc2ccccc2C)S(C)(=O)=O)cc1. The highest BCUT2D eigenvalue weighted by molar-refractivity contribution is 7.92. The van der Waals surface area contributed by atoms with E-state index in [0.29, 0.717) is 16.9 Å². The average Bonchev–Trinajstić information content (AvgIpc) is 2.56. The second-order valence-corrected chi connectivity index (χ2v) is 7.96. The molecule has 0 bridgehead atoms. The maximum absolute atomic E-state index is 12.2. The molecular formula is C19H22N2O4S. The summed E-state index contributed by atoms with van der Waals surface area (Å²) in [5, 5.41) is 2.79. The number of anilines is 2. The number of nitrogens with one attached hydrogen (secondary N) is 1. The van der Waals surface area contributed by atoms with Gasteiger partial charge in [0.05, 0.1) is 11.9 Å². The summed E-state index contributed by atoms with van der Waals surface area (Å²) in [6.07, 6.45) is 1.10. The van der Waals surface area contributed by atoms with Gasteiger partial charge in [-0.25, -0.2) is 8.42 Å². The van der Waals surface area contributed by atoms with E-state index in [1.54, 1.807) is 30.3 Å². The van der Waals surface area contributed by atoms with Crippen LogP contribution in [-0.2, 0) is 14.8 Å². The summed E-state index contributed by atoms with van der Waals surface area (Å²) < 4.78 is 25.4. The van der Waals surface area contributed by atoms with E-state index < -0.39 is 10.0 Å². The van der Waals surface area contributed by atoms with Crippen LogP contribution in [0.2, 0.25) is 0 Å². The smallest absolute Gasteiger partial charge is 0.232 e. The van der Waals surface area contributed by atoms with Crippen molar-refractivity contribution in [2.75, 3.05) is 22.4 Å². The zero-order valence-electron chi connectivity index (χ0n) is 15.0. The van der Waals surface area contributed by atoms with Gasteiger partial charge in [-0.1, -0.05) is 18.2 Å². The Kier molecular flexibility index (Phi) is 6.15. The van der Waals surface area contributed by atoms with Gasteiger partial charge in [-0.05, 0) is 49.7 Å². The van der Waals surface area contributed by atoms with E-state index in [1.165, 1.54) is 6.92 Å². The predicted molar refractivity (Wildman–Crippen MR) is 103 cm³/mol. The molecule has 6 nitrogen and oxygen atoms in total. The van der Waals surface area contributed by atoms with Gasteiger partial charge < -0.3 is 5.32 Å². The Hall–Kier alpha value is -2.67. The maximum atomic E-state index is 12.2. The quantitative estimate of drug-likeness (QED) is 0.755. The zero-order valence-corrected chi connectivity index (χ0v) is 15.8. The molecule has 0 fully saturated rings. The molecule has 0 heterocycles. The Morgan fingerprint density at radius 3 is 2.19 bits per heavy atom. The van der Waals surface area contributed by atoms with Crippen LogP contribution in [-0.4, -0.2) is 32.9 Å². The van der Waals surface area contributed by atoms with Gasteiger partial charge in [0.2, 0.25) is 15.9 Å². The fourth-order valence-electron chi connectivity index (χ4n) is 2.48. The van der Waals surface area contributed by atoms with Crippen LogP contribution in [0.25, 0.3) is 0 Å². The molecule has 0 aromatic heterocycles.